The summed E-state index contributed by atoms with van der Waals surface area (Å²) in [5.74, 6) is 0.818. The Morgan fingerprint density at radius 2 is 2.05 bits per heavy atom. The molecule has 0 saturated carbocycles. The predicted octanol–water partition coefficient (Wildman–Crippen LogP) is 4.13. The molecule has 2 aromatic heterocycles. The lowest BCUT2D eigenvalue weighted by molar-refractivity contribution is -0.117. The first-order valence-electron chi connectivity index (χ1n) is 14.6. The molecule has 3 aliphatic heterocycles. The summed E-state index contributed by atoms with van der Waals surface area (Å²) in [7, 11) is 0. The molecule has 0 radical (unpaired) electrons. The van der Waals surface area contributed by atoms with Gasteiger partial charge in [-0.15, -0.1) is 6.42 Å². The van der Waals surface area contributed by atoms with Gasteiger partial charge in [0, 0.05) is 36.9 Å². The maximum Gasteiger partial charge on any atom is 0.319 e. The lowest BCUT2D eigenvalue weighted by Crippen LogP contribution is -2.43. The maximum atomic E-state index is 16.7. The van der Waals surface area contributed by atoms with Gasteiger partial charge in [0.05, 0.1) is 17.6 Å². The molecule has 0 aliphatic carbocycles. The Balaban J connectivity index is 1.41. The van der Waals surface area contributed by atoms with Crippen molar-refractivity contribution in [2.75, 3.05) is 44.3 Å². The number of terminal acetylenes is 1. The highest BCUT2D eigenvalue weighted by atomic mass is 19.1. The van der Waals surface area contributed by atoms with Crippen molar-refractivity contribution in [3.8, 4) is 35.5 Å². The number of rotatable bonds is 7. The van der Waals surface area contributed by atoms with Gasteiger partial charge in [0.2, 0.25) is 11.8 Å². The van der Waals surface area contributed by atoms with Gasteiger partial charge < -0.3 is 20.1 Å². The molecule has 226 valence electrons. The molecule has 44 heavy (non-hydrogen) atoms. The van der Waals surface area contributed by atoms with Crippen LogP contribution in [0.4, 0.5) is 19.0 Å². The first kappa shape index (κ1) is 28.2. The van der Waals surface area contributed by atoms with E-state index in [2.05, 4.69) is 25.8 Å². The predicted molar refractivity (Wildman–Crippen MR) is 158 cm³/mol. The van der Waals surface area contributed by atoms with Crippen LogP contribution in [0.1, 0.15) is 31.2 Å². The molecule has 2 fully saturated rings. The Kier molecular flexibility index (Phi) is 6.93. The number of carbonyl (C=O) groups is 1. The third-order valence-corrected chi connectivity index (χ3v) is 8.87. The summed E-state index contributed by atoms with van der Waals surface area (Å²) < 4.78 is 58.1. The zero-order chi connectivity index (χ0) is 30.6. The standard InChI is InChI=1S/C32H29F3N6O3/c1-2-20-22(34)8-7-18-5-3-6-21(24(18)20)27-26(35)28-25-29(40(12-9-23(36)42)13-14-43-30(25)37-27)39-31(38-28)44-17-32-10-4-11-41(32)16-19(33)15-32/h1,3,5-8,19H,4,9-17H2,(H2,36,42)/t19-,32+/m1/s1. The van der Waals surface area contributed by atoms with Crippen molar-refractivity contribution in [1.29, 1.82) is 0 Å². The summed E-state index contributed by atoms with van der Waals surface area (Å²) in [4.78, 5) is 29.2. The Bertz CT molecular complexity index is 1860. The number of carbonyl (C=O) groups excluding carboxylic acids is 1. The molecule has 9 nitrogen and oxygen atoms in total. The van der Waals surface area contributed by atoms with Crippen molar-refractivity contribution in [3.63, 3.8) is 0 Å². The monoisotopic (exact) mass is 602 g/mol. The molecule has 0 bridgehead atoms. The minimum Gasteiger partial charge on any atom is -0.475 e. The van der Waals surface area contributed by atoms with Crippen LogP contribution in [0.15, 0.2) is 30.3 Å². The average Bonchev–Trinajstić information content (AvgIpc) is 3.47. The molecule has 0 spiro atoms. The number of halogens is 3. The van der Waals surface area contributed by atoms with Gasteiger partial charge in [-0.2, -0.15) is 9.97 Å². The summed E-state index contributed by atoms with van der Waals surface area (Å²) >= 11 is 0. The van der Waals surface area contributed by atoms with Crippen LogP contribution in [-0.4, -0.2) is 76.9 Å². The average molecular weight is 603 g/mol. The number of hydrogen-bond donors (Lipinski definition) is 1. The van der Waals surface area contributed by atoms with E-state index in [1.165, 1.54) is 6.07 Å². The number of primary amides is 1. The van der Waals surface area contributed by atoms with Crippen LogP contribution in [0.5, 0.6) is 11.9 Å². The number of aromatic nitrogens is 3. The first-order chi connectivity index (χ1) is 21.3. The van der Waals surface area contributed by atoms with Gasteiger partial charge >= 0.3 is 6.01 Å². The number of alkyl halides is 1. The van der Waals surface area contributed by atoms with Crippen LogP contribution in [0.3, 0.4) is 0 Å². The highest BCUT2D eigenvalue weighted by Gasteiger charge is 2.49. The molecular formula is C32H29F3N6O3. The quantitative estimate of drug-likeness (QED) is 0.315. The molecule has 7 rings (SSSR count). The smallest absolute Gasteiger partial charge is 0.319 e. The zero-order valence-electron chi connectivity index (χ0n) is 23.8. The summed E-state index contributed by atoms with van der Waals surface area (Å²) in [5.41, 5.74) is 4.96. The number of ether oxygens (including phenoxy) is 2. The van der Waals surface area contributed by atoms with E-state index in [1.54, 1.807) is 29.2 Å². The van der Waals surface area contributed by atoms with E-state index in [0.717, 1.165) is 19.4 Å². The molecule has 1 amide bonds. The maximum absolute atomic E-state index is 16.7. The fraction of sp³-hybridized carbons (Fsp3) is 0.375. The Labute approximate surface area is 251 Å². The molecule has 2 aromatic carbocycles. The van der Waals surface area contributed by atoms with Gasteiger partial charge in [-0.25, -0.2) is 18.2 Å². The Morgan fingerprint density at radius 3 is 2.86 bits per heavy atom. The number of benzene rings is 2. The van der Waals surface area contributed by atoms with E-state index < -0.39 is 29.3 Å². The van der Waals surface area contributed by atoms with E-state index in [9.17, 15) is 13.6 Å². The molecule has 3 aliphatic rings. The second-order valence-electron chi connectivity index (χ2n) is 11.5. The van der Waals surface area contributed by atoms with Gasteiger partial charge in [-0.05, 0) is 30.8 Å². The number of fused-ring (bicyclic) bond motifs is 2. The number of hydrogen-bond acceptors (Lipinski definition) is 8. The molecule has 4 aromatic rings. The fourth-order valence-corrected chi connectivity index (χ4v) is 6.84. The van der Waals surface area contributed by atoms with Gasteiger partial charge in [0.1, 0.15) is 47.6 Å². The van der Waals surface area contributed by atoms with Gasteiger partial charge in [-0.3, -0.25) is 9.69 Å². The van der Waals surface area contributed by atoms with Crippen molar-refractivity contribution in [1.82, 2.24) is 19.9 Å². The van der Waals surface area contributed by atoms with Crippen LogP contribution in [0.2, 0.25) is 0 Å². The van der Waals surface area contributed by atoms with Crippen molar-refractivity contribution >= 4 is 33.4 Å². The van der Waals surface area contributed by atoms with Crippen LogP contribution >= 0.6 is 0 Å². The van der Waals surface area contributed by atoms with Crippen molar-refractivity contribution in [3.05, 3.63) is 47.5 Å². The van der Waals surface area contributed by atoms with Crippen LogP contribution in [0.25, 0.3) is 32.9 Å². The number of anilines is 1. The second kappa shape index (κ2) is 10.8. The summed E-state index contributed by atoms with van der Waals surface area (Å²) in [6.07, 6.45) is 6.80. The van der Waals surface area contributed by atoms with E-state index in [4.69, 9.17) is 21.6 Å². The van der Waals surface area contributed by atoms with Gasteiger partial charge in [0.15, 0.2) is 5.82 Å². The number of pyridine rings is 1. The number of nitrogens with two attached hydrogens (primary N) is 1. The molecule has 2 atom stereocenters. The van der Waals surface area contributed by atoms with E-state index in [0.29, 0.717) is 30.3 Å². The van der Waals surface area contributed by atoms with Crippen LogP contribution in [-0.2, 0) is 4.79 Å². The molecule has 12 heteroatoms. The highest BCUT2D eigenvalue weighted by Crippen LogP contribution is 2.43. The first-order valence-corrected chi connectivity index (χ1v) is 14.6. The highest BCUT2D eigenvalue weighted by molar-refractivity contribution is 6.03. The summed E-state index contributed by atoms with van der Waals surface area (Å²) in [6.45, 7) is 1.91. The third kappa shape index (κ3) is 4.63. The molecule has 2 N–H and O–H groups in total. The largest absolute Gasteiger partial charge is 0.475 e. The summed E-state index contributed by atoms with van der Waals surface area (Å²) in [5, 5.41) is 1.14. The lowest BCUT2D eigenvalue weighted by atomic mass is 9.95. The molecule has 0 unspecified atom stereocenters. The normalized spacial score (nSPS) is 21.2. The SMILES string of the molecule is C#Cc1c(F)ccc2cccc(-c3nc4c5c(nc(OC[C@@]67CCCN6C[C@H](F)C7)nc5c3F)N(CCC(N)=O)CCO4)c12. The topological polar surface area (TPSA) is 107 Å². The van der Waals surface area contributed by atoms with Gasteiger partial charge in [0.25, 0.3) is 0 Å². The molecule has 2 saturated heterocycles. The molecular weight excluding hydrogens is 573 g/mol. The minimum absolute atomic E-state index is 0.0145. The Morgan fingerprint density at radius 1 is 1.18 bits per heavy atom. The van der Waals surface area contributed by atoms with Crippen LogP contribution in [0, 0.1) is 24.0 Å². The Hall–Kier alpha value is -4.63. The number of amides is 1. The van der Waals surface area contributed by atoms with Crippen molar-refractivity contribution in [2.45, 2.75) is 37.4 Å². The van der Waals surface area contributed by atoms with Gasteiger partial charge in [-0.1, -0.05) is 30.2 Å². The summed E-state index contributed by atoms with van der Waals surface area (Å²) in [6, 6.07) is 7.81. The van der Waals surface area contributed by atoms with E-state index >= 15 is 4.39 Å². The fourth-order valence-electron chi connectivity index (χ4n) is 6.84. The van der Waals surface area contributed by atoms with E-state index in [1.807, 2.05) is 0 Å². The second-order valence-corrected chi connectivity index (χ2v) is 11.5. The van der Waals surface area contributed by atoms with Crippen LogP contribution < -0.4 is 20.1 Å². The zero-order valence-corrected chi connectivity index (χ0v) is 23.8. The minimum atomic E-state index is -0.949. The van der Waals surface area contributed by atoms with Crippen molar-refractivity contribution < 1.29 is 27.4 Å². The van der Waals surface area contributed by atoms with E-state index in [-0.39, 0.29) is 71.6 Å². The number of nitrogens with zero attached hydrogens (tertiary/aromatic N) is 5. The van der Waals surface area contributed by atoms with Crippen molar-refractivity contribution in [2.24, 2.45) is 5.73 Å². The lowest BCUT2D eigenvalue weighted by Gasteiger charge is -2.31. The third-order valence-electron chi connectivity index (χ3n) is 8.87. The molecule has 5 heterocycles.